The van der Waals surface area contributed by atoms with Gasteiger partial charge in [-0.2, -0.15) is 5.26 Å². The summed E-state index contributed by atoms with van der Waals surface area (Å²) in [5.74, 6) is 0.963. The average Bonchev–Trinajstić information content (AvgIpc) is 3.00. The van der Waals surface area contributed by atoms with Crippen molar-refractivity contribution in [1.29, 1.82) is 5.26 Å². The summed E-state index contributed by atoms with van der Waals surface area (Å²) in [6.45, 7) is 3.10. The second-order valence-electron chi connectivity index (χ2n) is 4.82. The summed E-state index contributed by atoms with van der Waals surface area (Å²) in [4.78, 5) is 11.4. The van der Waals surface area contributed by atoms with Gasteiger partial charge in [-0.15, -0.1) is 0 Å². The SMILES string of the molecule is CCN(c1nc(SC)ncc1/C=C/C#N)C1CCCC1. The van der Waals surface area contributed by atoms with Crippen LogP contribution in [0.1, 0.15) is 38.2 Å². The summed E-state index contributed by atoms with van der Waals surface area (Å²) in [7, 11) is 0. The van der Waals surface area contributed by atoms with E-state index in [0.29, 0.717) is 6.04 Å². The van der Waals surface area contributed by atoms with E-state index in [-0.39, 0.29) is 0 Å². The molecule has 0 saturated heterocycles. The van der Waals surface area contributed by atoms with Crippen LogP contribution in [0.3, 0.4) is 0 Å². The molecule has 1 saturated carbocycles. The molecule has 0 amide bonds. The molecule has 5 heteroatoms. The van der Waals surface area contributed by atoms with Crippen molar-refractivity contribution in [3.63, 3.8) is 0 Å². The summed E-state index contributed by atoms with van der Waals surface area (Å²) in [6, 6.07) is 2.61. The Kier molecular flexibility index (Phi) is 5.42. The quantitative estimate of drug-likeness (QED) is 0.471. The van der Waals surface area contributed by atoms with Gasteiger partial charge in [-0.25, -0.2) is 9.97 Å². The number of hydrogen-bond donors (Lipinski definition) is 0. The molecule has 0 unspecified atom stereocenters. The number of thioether (sulfide) groups is 1. The Labute approximate surface area is 124 Å². The third kappa shape index (κ3) is 3.31. The number of nitrogens with zero attached hydrogens (tertiary/aromatic N) is 4. The zero-order chi connectivity index (χ0) is 14.4. The van der Waals surface area contributed by atoms with Gasteiger partial charge in [0.1, 0.15) is 5.82 Å². The van der Waals surface area contributed by atoms with Gasteiger partial charge in [-0.05, 0) is 32.1 Å². The lowest BCUT2D eigenvalue weighted by atomic mass is 10.2. The van der Waals surface area contributed by atoms with Gasteiger partial charge < -0.3 is 4.90 Å². The molecule has 1 aliphatic carbocycles. The van der Waals surface area contributed by atoms with Crippen molar-refractivity contribution in [2.24, 2.45) is 0 Å². The van der Waals surface area contributed by atoms with Crippen LogP contribution in [0, 0.1) is 11.3 Å². The van der Waals surface area contributed by atoms with Crippen LogP contribution in [0.2, 0.25) is 0 Å². The number of rotatable bonds is 5. The van der Waals surface area contributed by atoms with Gasteiger partial charge >= 0.3 is 0 Å². The molecule has 2 rings (SSSR count). The molecule has 0 spiro atoms. The summed E-state index contributed by atoms with van der Waals surface area (Å²) in [5.41, 5.74) is 0.929. The van der Waals surface area contributed by atoms with Gasteiger partial charge in [0.2, 0.25) is 0 Å². The zero-order valence-corrected chi connectivity index (χ0v) is 12.9. The topological polar surface area (TPSA) is 52.8 Å². The van der Waals surface area contributed by atoms with Crippen molar-refractivity contribution in [3.8, 4) is 6.07 Å². The van der Waals surface area contributed by atoms with Crippen LogP contribution in [0.5, 0.6) is 0 Å². The van der Waals surface area contributed by atoms with Gasteiger partial charge in [0.15, 0.2) is 5.16 Å². The van der Waals surface area contributed by atoms with E-state index >= 15 is 0 Å². The zero-order valence-electron chi connectivity index (χ0n) is 12.0. The molecule has 20 heavy (non-hydrogen) atoms. The van der Waals surface area contributed by atoms with E-state index in [1.807, 2.05) is 18.5 Å². The Morgan fingerprint density at radius 2 is 2.25 bits per heavy atom. The van der Waals surface area contributed by atoms with Crippen LogP contribution >= 0.6 is 11.8 Å². The molecular weight excluding hydrogens is 268 g/mol. The van der Waals surface area contributed by atoms with Crippen molar-refractivity contribution < 1.29 is 0 Å². The molecule has 106 valence electrons. The number of anilines is 1. The molecule has 1 aromatic heterocycles. The second-order valence-corrected chi connectivity index (χ2v) is 5.60. The monoisotopic (exact) mass is 288 g/mol. The molecule has 0 radical (unpaired) electrons. The molecule has 4 nitrogen and oxygen atoms in total. The lowest BCUT2D eigenvalue weighted by Crippen LogP contribution is -2.34. The van der Waals surface area contributed by atoms with E-state index in [4.69, 9.17) is 5.26 Å². The first-order valence-corrected chi connectivity index (χ1v) is 8.26. The summed E-state index contributed by atoms with van der Waals surface area (Å²) in [6.07, 6.45) is 12.1. The fourth-order valence-corrected chi connectivity index (χ4v) is 3.07. The lowest BCUT2D eigenvalue weighted by Gasteiger charge is -2.30. The Balaban J connectivity index is 2.39. The van der Waals surface area contributed by atoms with E-state index in [0.717, 1.165) is 23.1 Å². The van der Waals surface area contributed by atoms with E-state index in [2.05, 4.69) is 21.8 Å². The fraction of sp³-hybridized carbons (Fsp3) is 0.533. The predicted octanol–water partition coefficient (Wildman–Crippen LogP) is 3.50. The first-order valence-electron chi connectivity index (χ1n) is 7.04. The highest BCUT2D eigenvalue weighted by Crippen LogP contribution is 2.30. The van der Waals surface area contributed by atoms with Crippen LogP contribution < -0.4 is 4.90 Å². The van der Waals surface area contributed by atoms with E-state index in [1.54, 1.807) is 17.8 Å². The molecule has 0 N–H and O–H groups in total. The van der Waals surface area contributed by atoms with Crippen LogP contribution in [-0.4, -0.2) is 28.8 Å². The first kappa shape index (κ1) is 14.9. The maximum absolute atomic E-state index is 8.73. The molecule has 0 atom stereocenters. The molecule has 0 aliphatic heterocycles. The van der Waals surface area contributed by atoms with Gasteiger partial charge in [-0.1, -0.05) is 24.6 Å². The Bertz CT molecular complexity index is 515. The largest absolute Gasteiger partial charge is 0.353 e. The highest BCUT2D eigenvalue weighted by Gasteiger charge is 2.24. The molecule has 1 aromatic rings. The Morgan fingerprint density at radius 1 is 1.50 bits per heavy atom. The molecule has 0 bridgehead atoms. The smallest absolute Gasteiger partial charge is 0.189 e. The van der Waals surface area contributed by atoms with Gasteiger partial charge in [-0.3, -0.25) is 0 Å². The molecule has 0 aromatic carbocycles. The minimum atomic E-state index is 0.568. The van der Waals surface area contributed by atoms with Crippen molar-refractivity contribution in [1.82, 2.24) is 9.97 Å². The highest BCUT2D eigenvalue weighted by atomic mass is 32.2. The van der Waals surface area contributed by atoms with Crippen molar-refractivity contribution in [3.05, 3.63) is 17.8 Å². The van der Waals surface area contributed by atoms with Gasteiger partial charge in [0, 0.05) is 30.4 Å². The standard InChI is InChI=1S/C15H20N4S/c1-3-19(13-8-4-5-9-13)14-12(7-6-10-16)11-17-15(18-14)20-2/h6-7,11,13H,3-5,8-9H2,1-2H3/b7-6+. The number of aromatic nitrogens is 2. The van der Waals surface area contributed by atoms with Crippen LogP contribution in [0.15, 0.2) is 17.4 Å². The minimum Gasteiger partial charge on any atom is -0.353 e. The normalized spacial score (nSPS) is 15.7. The average molecular weight is 288 g/mol. The highest BCUT2D eigenvalue weighted by molar-refractivity contribution is 7.98. The first-order chi connectivity index (χ1) is 9.80. The molecule has 1 aliphatic rings. The van der Waals surface area contributed by atoms with E-state index in [9.17, 15) is 0 Å². The maximum atomic E-state index is 8.73. The third-order valence-corrected chi connectivity index (χ3v) is 4.23. The second kappa shape index (κ2) is 7.30. The van der Waals surface area contributed by atoms with E-state index < -0.39 is 0 Å². The maximum Gasteiger partial charge on any atom is 0.189 e. The van der Waals surface area contributed by atoms with Crippen molar-refractivity contribution in [2.45, 2.75) is 43.8 Å². The van der Waals surface area contributed by atoms with Crippen LogP contribution in [-0.2, 0) is 0 Å². The lowest BCUT2D eigenvalue weighted by molar-refractivity contribution is 0.608. The number of allylic oxidation sites excluding steroid dienone is 1. The summed E-state index contributed by atoms with van der Waals surface area (Å²) < 4.78 is 0. The van der Waals surface area contributed by atoms with Crippen LogP contribution in [0.4, 0.5) is 5.82 Å². The predicted molar refractivity (Wildman–Crippen MR) is 83.7 cm³/mol. The molecular formula is C15H20N4S. The van der Waals surface area contributed by atoms with Crippen molar-refractivity contribution >= 4 is 23.7 Å². The Morgan fingerprint density at radius 3 is 2.85 bits per heavy atom. The van der Waals surface area contributed by atoms with Crippen LogP contribution in [0.25, 0.3) is 6.08 Å². The number of nitriles is 1. The fourth-order valence-electron chi connectivity index (χ4n) is 2.74. The Hall–Kier alpha value is -1.54. The van der Waals surface area contributed by atoms with E-state index in [1.165, 1.54) is 31.8 Å². The summed E-state index contributed by atoms with van der Waals surface area (Å²) in [5, 5.41) is 9.51. The summed E-state index contributed by atoms with van der Waals surface area (Å²) >= 11 is 1.55. The molecule has 1 heterocycles. The van der Waals surface area contributed by atoms with Gasteiger partial charge in [0.25, 0.3) is 0 Å². The third-order valence-electron chi connectivity index (χ3n) is 3.67. The van der Waals surface area contributed by atoms with Crippen molar-refractivity contribution in [2.75, 3.05) is 17.7 Å². The van der Waals surface area contributed by atoms with Gasteiger partial charge in [0.05, 0.1) is 6.07 Å². The number of hydrogen-bond acceptors (Lipinski definition) is 5. The minimum absolute atomic E-state index is 0.568. The molecule has 1 fully saturated rings.